The first-order valence-electron chi connectivity index (χ1n) is 9.26. The summed E-state index contributed by atoms with van der Waals surface area (Å²) in [4.78, 5) is 15.1. The molecule has 134 valence electrons. The molecule has 0 radical (unpaired) electrons. The molecule has 1 heterocycles. The molecule has 1 aromatic heterocycles. The molecule has 0 spiro atoms. The maximum atomic E-state index is 12.7. The van der Waals surface area contributed by atoms with E-state index in [1.165, 1.54) is 31.9 Å². The molecular weight excluding hydrogens is 326 g/mol. The van der Waals surface area contributed by atoms with Gasteiger partial charge in [-0.2, -0.15) is 10.4 Å². The highest BCUT2D eigenvalue weighted by molar-refractivity contribution is 5.93. The molecule has 1 amide bonds. The summed E-state index contributed by atoms with van der Waals surface area (Å²) in [6.07, 6.45) is 6.39. The maximum absolute atomic E-state index is 12.7. The summed E-state index contributed by atoms with van der Waals surface area (Å²) in [5.41, 5.74) is 1.19. The van der Waals surface area contributed by atoms with E-state index in [-0.39, 0.29) is 5.91 Å². The van der Waals surface area contributed by atoms with Crippen molar-refractivity contribution in [1.82, 2.24) is 14.7 Å². The van der Waals surface area contributed by atoms with Gasteiger partial charge in [-0.3, -0.25) is 9.69 Å². The minimum atomic E-state index is -0.0846. The van der Waals surface area contributed by atoms with Gasteiger partial charge in [0.2, 0.25) is 5.91 Å². The molecule has 1 atom stereocenters. The highest BCUT2D eigenvalue weighted by Crippen LogP contribution is 2.39. The third-order valence-electron chi connectivity index (χ3n) is 5.32. The Morgan fingerprint density at radius 3 is 2.69 bits per heavy atom. The van der Waals surface area contributed by atoms with Gasteiger partial charge in [-0.25, -0.2) is 4.68 Å². The van der Waals surface area contributed by atoms with Crippen LogP contribution in [0.4, 0.5) is 5.82 Å². The van der Waals surface area contributed by atoms with Gasteiger partial charge in [-0.15, -0.1) is 0 Å². The summed E-state index contributed by atoms with van der Waals surface area (Å²) in [6, 6.07) is 12.6. The van der Waals surface area contributed by atoms with Crippen LogP contribution >= 0.6 is 0 Å². The van der Waals surface area contributed by atoms with Crippen molar-refractivity contribution in [1.29, 1.82) is 5.26 Å². The number of nitrogens with zero attached hydrogens (tertiary/aromatic N) is 4. The second-order valence-electron chi connectivity index (χ2n) is 7.30. The number of para-hydroxylation sites is 1. The molecule has 0 unspecified atom stereocenters. The Morgan fingerprint density at radius 1 is 1.35 bits per heavy atom. The summed E-state index contributed by atoms with van der Waals surface area (Å²) in [6.45, 7) is 2.60. The van der Waals surface area contributed by atoms with Gasteiger partial charge in [0.15, 0.2) is 5.82 Å². The molecule has 1 N–H and O–H groups in total. The second-order valence-corrected chi connectivity index (χ2v) is 7.30. The molecule has 6 heteroatoms. The van der Waals surface area contributed by atoms with Crippen LogP contribution in [0.5, 0.6) is 0 Å². The minimum absolute atomic E-state index is 0.0846. The van der Waals surface area contributed by atoms with Crippen molar-refractivity contribution in [2.75, 3.05) is 11.9 Å². The van der Waals surface area contributed by atoms with Crippen LogP contribution in [0.1, 0.15) is 38.2 Å². The first-order chi connectivity index (χ1) is 12.7. The summed E-state index contributed by atoms with van der Waals surface area (Å²) in [7, 11) is 0. The Bertz CT molecular complexity index is 830. The lowest BCUT2D eigenvalue weighted by molar-refractivity contribution is -0.118. The van der Waals surface area contributed by atoms with Crippen molar-refractivity contribution in [2.45, 2.75) is 44.7 Å². The lowest BCUT2D eigenvalue weighted by Crippen LogP contribution is -2.42. The van der Waals surface area contributed by atoms with Crippen molar-refractivity contribution in [3.8, 4) is 11.8 Å². The molecule has 6 nitrogen and oxygen atoms in total. The van der Waals surface area contributed by atoms with Crippen LogP contribution in [0.15, 0.2) is 36.5 Å². The number of rotatable bonds is 7. The first kappa shape index (κ1) is 16.8. The van der Waals surface area contributed by atoms with Crippen molar-refractivity contribution < 1.29 is 4.79 Å². The molecule has 2 fully saturated rings. The van der Waals surface area contributed by atoms with Crippen LogP contribution in [0, 0.1) is 17.2 Å². The summed E-state index contributed by atoms with van der Waals surface area (Å²) >= 11 is 0. The van der Waals surface area contributed by atoms with Crippen molar-refractivity contribution in [3.05, 3.63) is 42.1 Å². The van der Waals surface area contributed by atoms with Gasteiger partial charge in [0.1, 0.15) is 11.6 Å². The van der Waals surface area contributed by atoms with Crippen LogP contribution < -0.4 is 5.32 Å². The van der Waals surface area contributed by atoms with E-state index in [4.69, 9.17) is 0 Å². The zero-order chi connectivity index (χ0) is 18.1. The molecule has 2 aliphatic carbocycles. The molecule has 26 heavy (non-hydrogen) atoms. The maximum Gasteiger partial charge on any atom is 0.239 e. The molecule has 0 saturated heterocycles. The van der Waals surface area contributed by atoms with Gasteiger partial charge in [0, 0.05) is 12.1 Å². The van der Waals surface area contributed by atoms with Crippen LogP contribution in [0.3, 0.4) is 0 Å². The Morgan fingerprint density at radius 2 is 2.08 bits per heavy atom. The third kappa shape index (κ3) is 3.49. The molecule has 2 aliphatic rings. The number of nitriles is 1. The Kier molecular flexibility index (Phi) is 4.48. The highest BCUT2D eigenvalue weighted by Gasteiger charge is 2.39. The number of carbonyl (C=O) groups excluding carboxylic acids is 1. The zero-order valence-corrected chi connectivity index (χ0v) is 14.9. The van der Waals surface area contributed by atoms with E-state index >= 15 is 0 Å². The number of hydrogen-bond acceptors (Lipinski definition) is 4. The van der Waals surface area contributed by atoms with Gasteiger partial charge in [0.25, 0.3) is 0 Å². The summed E-state index contributed by atoms with van der Waals surface area (Å²) in [5.74, 6) is 1.09. The van der Waals surface area contributed by atoms with Crippen molar-refractivity contribution in [3.63, 3.8) is 0 Å². The number of amides is 1. The Labute approximate surface area is 153 Å². The topological polar surface area (TPSA) is 74.0 Å². The minimum Gasteiger partial charge on any atom is -0.308 e. The number of hydrogen-bond donors (Lipinski definition) is 1. The van der Waals surface area contributed by atoms with Crippen LogP contribution in [0.2, 0.25) is 0 Å². The highest BCUT2D eigenvalue weighted by atomic mass is 16.2. The van der Waals surface area contributed by atoms with Gasteiger partial charge < -0.3 is 5.32 Å². The molecule has 0 bridgehead atoms. The molecular formula is C20H23N5O. The fraction of sp³-hybridized carbons (Fsp3) is 0.450. The monoisotopic (exact) mass is 349 g/mol. The van der Waals surface area contributed by atoms with E-state index in [1.54, 1.807) is 4.68 Å². The molecule has 4 rings (SSSR count). The number of benzene rings is 1. The van der Waals surface area contributed by atoms with E-state index in [2.05, 4.69) is 28.3 Å². The number of aromatic nitrogens is 2. The van der Waals surface area contributed by atoms with Crippen molar-refractivity contribution in [2.24, 2.45) is 5.92 Å². The molecule has 2 saturated carbocycles. The molecule has 1 aromatic carbocycles. The predicted molar refractivity (Wildman–Crippen MR) is 98.8 cm³/mol. The number of nitrogens with one attached hydrogen (secondary N) is 1. The third-order valence-corrected chi connectivity index (χ3v) is 5.32. The zero-order valence-electron chi connectivity index (χ0n) is 14.9. The smallest absolute Gasteiger partial charge is 0.239 e. The lowest BCUT2D eigenvalue weighted by Gasteiger charge is -2.28. The van der Waals surface area contributed by atoms with E-state index < -0.39 is 0 Å². The average molecular weight is 349 g/mol. The van der Waals surface area contributed by atoms with Gasteiger partial charge >= 0.3 is 0 Å². The summed E-state index contributed by atoms with van der Waals surface area (Å²) in [5, 5.41) is 16.6. The molecule has 2 aromatic rings. The van der Waals surface area contributed by atoms with Crippen LogP contribution in [0.25, 0.3) is 5.69 Å². The predicted octanol–water partition coefficient (Wildman–Crippen LogP) is 2.95. The van der Waals surface area contributed by atoms with Gasteiger partial charge in [-0.05, 0) is 50.7 Å². The van der Waals surface area contributed by atoms with E-state index in [1.807, 2.05) is 30.3 Å². The fourth-order valence-corrected chi connectivity index (χ4v) is 3.51. The number of anilines is 1. The van der Waals surface area contributed by atoms with Crippen molar-refractivity contribution >= 4 is 11.7 Å². The first-order valence-corrected chi connectivity index (χ1v) is 9.26. The van der Waals surface area contributed by atoms with Crippen LogP contribution in [-0.4, -0.2) is 39.2 Å². The standard InChI is InChI=1S/C20H23N5O/c1-14(15-7-8-15)24(17-9-10-17)13-19(26)23-20-16(11-21)12-22-25(20)18-5-3-2-4-6-18/h2-6,12,14-15,17H,7-10,13H2,1H3,(H,23,26)/t14-/m1/s1. The van der Waals surface area contributed by atoms with E-state index in [0.717, 1.165) is 11.6 Å². The SMILES string of the molecule is C[C@H](C1CC1)N(CC(=O)Nc1c(C#N)cnn1-c1ccccc1)C1CC1. The van der Waals surface area contributed by atoms with E-state index in [9.17, 15) is 10.1 Å². The quantitative estimate of drug-likeness (QED) is 0.834. The van der Waals surface area contributed by atoms with Crippen LogP contribution in [-0.2, 0) is 4.79 Å². The van der Waals surface area contributed by atoms with Gasteiger partial charge in [-0.1, -0.05) is 18.2 Å². The fourth-order valence-electron chi connectivity index (χ4n) is 3.51. The number of carbonyl (C=O) groups is 1. The van der Waals surface area contributed by atoms with E-state index in [0.29, 0.717) is 30.0 Å². The lowest BCUT2D eigenvalue weighted by atomic mass is 10.1. The van der Waals surface area contributed by atoms with Gasteiger partial charge in [0.05, 0.1) is 18.4 Å². The Balaban J connectivity index is 1.52. The summed E-state index contributed by atoms with van der Waals surface area (Å²) < 4.78 is 1.61. The second kappa shape index (κ2) is 6.93. The molecule has 0 aliphatic heterocycles. The largest absolute Gasteiger partial charge is 0.308 e. The Hall–Kier alpha value is -2.65. The average Bonchev–Trinajstić information content (AvgIpc) is 3.57. The normalized spacial score (nSPS) is 17.7.